The monoisotopic (exact) mass is 536 g/mol. The molecule has 3 aromatic carbocycles. The maximum atomic E-state index is 14.8. The van der Waals surface area contributed by atoms with Gasteiger partial charge in [-0.1, -0.05) is 48.3 Å². The molecule has 0 saturated heterocycles. The number of halogens is 2. The third-order valence-corrected chi connectivity index (χ3v) is 6.47. The predicted octanol–water partition coefficient (Wildman–Crippen LogP) is 1.38. The fourth-order valence-corrected chi connectivity index (χ4v) is 4.36. The molecule has 0 unspecified atom stereocenters. The van der Waals surface area contributed by atoms with Gasteiger partial charge in [-0.05, 0) is 69.4 Å². The van der Waals surface area contributed by atoms with E-state index in [9.17, 15) is 23.0 Å². The molecule has 0 aliphatic rings. The van der Waals surface area contributed by atoms with Gasteiger partial charge in [0.25, 0.3) is 5.91 Å². The van der Waals surface area contributed by atoms with E-state index in [2.05, 4.69) is 21.2 Å². The van der Waals surface area contributed by atoms with Gasteiger partial charge in [0.15, 0.2) is 5.83 Å². The second-order valence-electron chi connectivity index (χ2n) is 7.09. The molecule has 0 bridgehead atoms. The van der Waals surface area contributed by atoms with E-state index in [-0.39, 0.29) is 35.0 Å². The SMILES string of the molecule is C/C(=C(\F)C(=O)Nc1ccc(-c2ccccc2S(N)(=O)=O)cc1Br)c1cccc(C(=[N-])N)c1.[Li+]. The maximum absolute atomic E-state index is 14.8. The van der Waals surface area contributed by atoms with Gasteiger partial charge in [-0.15, -0.1) is 0 Å². The Kier molecular flexibility index (Phi) is 9.00. The molecule has 11 heteroatoms. The Morgan fingerprint density at radius 2 is 1.68 bits per heavy atom. The minimum atomic E-state index is -3.95. The van der Waals surface area contributed by atoms with E-state index in [0.717, 1.165) is 0 Å². The summed E-state index contributed by atoms with van der Waals surface area (Å²) in [6.07, 6.45) is 0. The van der Waals surface area contributed by atoms with Crippen molar-refractivity contribution in [1.82, 2.24) is 0 Å². The van der Waals surface area contributed by atoms with E-state index in [4.69, 9.17) is 10.9 Å². The molecule has 3 rings (SSSR count). The number of benzene rings is 3. The normalized spacial score (nSPS) is 11.8. The number of anilines is 1. The number of hydrogen-bond acceptors (Lipinski definition) is 3. The van der Waals surface area contributed by atoms with Crippen LogP contribution in [-0.2, 0) is 14.8 Å². The van der Waals surface area contributed by atoms with Gasteiger partial charge < -0.3 is 16.5 Å². The molecule has 3 aromatic rings. The first-order valence-corrected chi connectivity index (χ1v) is 11.8. The van der Waals surface area contributed by atoms with Crippen LogP contribution in [0.3, 0.4) is 0 Å². The molecule has 7 nitrogen and oxygen atoms in total. The number of nitrogens with zero attached hydrogens (tertiary/aromatic N) is 1. The second-order valence-corrected chi connectivity index (χ2v) is 9.48. The molecule has 0 radical (unpaired) electrons. The van der Waals surface area contributed by atoms with E-state index >= 15 is 0 Å². The Hall–Kier alpha value is -2.74. The van der Waals surface area contributed by atoms with Crippen LogP contribution in [0.5, 0.6) is 0 Å². The van der Waals surface area contributed by atoms with E-state index in [1.807, 2.05) is 0 Å². The van der Waals surface area contributed by atoms with Crippen molar-refractivity contribution in [2.75, 3.05) is 5.32 Å². The summed E-state index contributed by atoms with van der Waals surface area (Å²) in [4.78, 5) is 12.5. The van der Waals surface area contributed by atoms with E-state index in [0.29, 0.717) is 26.7 Å². The van der Waals surface area contributed by atoms with Crippen LogP contribution >= 0.6 is 15.9 Å². The van der Waals surface area contributed by atoms with Gasteiger partial charge in [0.2, 0.25) is 10.0 Å². The zero-order chi connectivity index (χ0) is 24.3. The fourth-order valence-electron chi connectivity index (χ4n) is 3.12. The maximum Gasteiger partial charge on any atom is 1.00 e. The number of primary sulfonamides is 1. The number of carbonyl (C=O) groups excluding carboxylic acids is 1. The number of hydrogen-bond donors (Lipinski definition) is 3. The molecule has 170 valence electrons. The van der Waals surface area contributed by atoms with Crippen LogP contribution < -0.4 is 35.1 Å². The second kappa shape index (κ2) is 11.1. The average Bonchev–Trinajstić information content (AvgIpc) is 2.78. The van der Waals surface area contributed by atoms with Gasteiger partial charge in [-0.3, -0.25) is 4.79 Å². The van der Waals surface area contributed by atoms with Crippen molar-refractivity contribution in [3.8, 4) is 11.1 Å². The Morgan fingerprint density at radius 1 is 1.03 bits per heavy atom. The predicted molar refractivity (Wildman–Crippen MR) is 131 cm³/mol. The third-order valence-electron chi connectivity index (χ3n) is 4.84. The number of nitrogens with one attached hydrogen (secondary N) is 1. The molecule has 0 saturated carbocycles. The van der Waals surface area contributed by atoms with E-state index in [1.54, 1.807) is 48.5 Å². The first-order chi connectivity index (χ1) is 15.5. The van der Waals surface area contributed by atoms with Crippen LogP contribution in [0, 0.1) is 0 Å². The molecule has 5 N–H and O–H groups in total. The van der Waals surface area contributed by atoms with Gasteiger partial charge in [-0.25, -0.2) is 17.9 Å². The molecule has 0 heterocycles. The third kappa shape index (κ3) is 6.23. The summed E-state index contributed by atoms with van der Waals surface area (Å²) in [6.45, 7) is 1.43. The van der Waals surface area contributed by atoms with Gasteiger partial charge in [0, 0.05) is 10.0 Å². The van der Waals surface area contributed by atoms with Crippen molar-refractivity contribution in [3.63, 3.8) is 0 Å². The fraction of sp³-hybridized carbons (Fsp3) is 0.0435. The molecule has 1 amide bonds. The van der Waals surface area contributed by atoms with Gasteiger partial charge in [0.1, 0.15) is 0 Å². The van der Waals surface area contributed by atoms with E-state index in [1.165, 1.54) is 25.1 Å². The standard InChI is InChI=1S/C23H19BrFN4O3S.Li/c1-13(14-5-4-6-16(11-14)22(26)27)21(25)23(30)29-19-10-9-15(12-18(19)24)17-7-2-3-8-20(17)33(28,31)32;/h2-12H,1H3,(H5-,26,27,28,29,30,31,32);/q-1;+1/b21-13+;. The number of nitrogens with two attached hydrogens (primary N) is 2. The minimum absolute atomic E-state index is 0. The summed E-state index contributed by atoms with van der Waals surface area (Å²) in [5.41, 5.74) is 7.31. The van der Waals surface area contributed by atoms with Crippen LogP contribution in [0.15, 0.2) is 81.9 Å². The first kappa shape index (κ1) is 27.5. The topological polar surface area (TPSA) is 138 Å². The Morgan fingerprint density at radius 3 is 2.29 bits per heavy atom. The zero-order valence-electron chi connectivity index (χ0n) is 18.3. The number of amidine groups is 1. The van der Waals surface area contributed by atoms with Crippen molar-refractivity contribution >= 4 is 49.0 Å². The quantitative estimate of drug-likeness (QED) is 0.189. The summed E-state index contributed by atoms with van der Waals surface area (Å²) in [5, 5.41) is 17.2. The molecule has 0 fully saturated rings. The number of sulfonamides is 1. The van der Waals surface area contributed by atoms with Crippen molar-refractivity contribution in [1.29, 1.82) is 0 Å². The van der Waals surface area contributed by atoms with Crippen molar-refractivity contribution in [2.24, 2.45) is 10.9 Å². The average molecular weight is 537 g/mol. The molecule has 34 heavy (non-hydrogen) atoms. The zero-order valence-corrected chi connectivity index (χ0v) is 20.7. The molecule has 0 aromatic heterocycles. The van der Waals surface area contributed by atoms with Crippen LogP contribution in [-0.4, -0.2) is 20.2 Å². The van der Waals surface area contributed by atoms with Crippen LogP contribution in [0.2, 0.25) is 0 Å². The summed E-state index contributed by atoms with van der Waals surface area (Å²) in [7, 11) is -3.95. The van der Waals surface area contributed by atoms with Gasteiger partial charge >= 0.3 is 18.9 Å². The van der Waals surface area contributed by atoms with Crippen LogP contribution in [0.1, 0.15) is 18.1 Å². The van der Waals surface area contributed by atoms with Gasteiger partial charge in [-0.2, -0.15) is 0 Å². The van der Waals surface area contributed by atoms with E-state index < -0.39 is 27.6 Å². The summed E-state index contributed by atoms with van der Waals surface area (Å²) < 4.78 is 39.0. The molecule has 0 aliphatic heterocycles. The number of amides is 1. The summed E-state index contributed by atoms with van der Waals surface area (Å²) in [6, 6.07) is 17.1. The largest absolute Gasteiger partial charge is 1.00 e. The van der Waals surface area contributed by atoms with Crippen LogP contribution in [0.4, 0.5) is 10.1 Å². The molecule has 0 aliphatic carbocycles. The van der Waals surface area contributed by atoms with Gasteiger partial charge in [0.05, 0.1) is 10.6 Å². The first-order valence-electron chi connectivity index (χ1n) is 9.50. The smallest absolute Gasteiger partial charge is 0.494 e. The van der Waals surface area contributed by atoms with Crippen molar-refractivity contribution < 1.29 is 36.5 Å². The number of rotatable bonds is 6. The minimum Gasteiger partial charge on any atom is -0.494 e. The Labute approximate surface area is 217 Å². The molecular formula is C23H19BrFLiN4O3S. The van der Waals surface area contributed by atoms with Crippen LogP contribution in [0.25, 0.3) is 22.1 Å². The Bertz CT molecular complexity index is 1410. The summed E-state index contributed by atoms with van der Waals surface area (Å²) in [5.74, 6) is -2.40. The Balaban J connectivity index is 0.00000408. The molecule has 0 atom stereocenters. The molecule has 0 spiro atoms. The van der Waals surface area contributed by atoms with Crippen molar-refractivity contribution in [3.05, 3.63) is 93.6 Å². The summed E-state index contributed by atoms with van der Waals surface area (Å²) >= 11 is 3.33. The molecular weight excluding hydrogens is 518 g/mol. The number of carbonyl (C=O) groups is 1. The van der Waals surface area contributed by atoms with Crippen molar-refractivity contribution in [2.45, 2.75) is 11.8 Å². The number of allylic oxidation sites excluding steroid dienone is 1.